The molecule has 37 heavy (non-hydrogen) atoms. The van der Waals surface area contributed by atoms with Crippen LogP contribution in [0.2, 0.25) is 0 Å². The summed E-state index contributed by atoms with van der Waals surface area (Å²) in [5.41, 5.74) is 9.59. The Balaban J connectivity index is 0.000000747. The molecule has 192 valence electrons. The zero-order valence-electron chi connectivity index (χ0n) is 23.4. The van der Waals surface area contributed by atoms with E-state index in [-0.39, 0.29) is 6.17 Å². The molecule has 0 bridgehead atoms. The van der Waals surface area contributed by atoms with Crippen molar-refractivity contribution in [3.05, 3.63) is 102 Å². The molecule has 1 atom stereocenters. The first kappa shape index (κ1) is 26.3. The van der Waals surface area contributed by atoms with Gasteiger partial charge in [-0.25, -0.2) is 4.98 Å². The number of fused-ring (bicyclic) bond motifs is 1. The molecule has 0 amide bonds. The third-order valence-electron chi connectivity index (χ3n) is 7.22. The van der Waals surface area contributed by atoms with Gasteiger partial charge in [-0.15, -0.1) is 0 Å². The van der Waals surface area contributed by atoms with Crippen LogP contribution in [0.1, 0.15) is 50.3 Å². The van der Waals surface area contributed by atoms with Crippen molar-refractivity contribution in [1.29, 1.82) is 0 Å². The lowest BCUT2D eigenvalue weighted by Crippen LogP contribution is -2.36. The van der Waals surface area contributed by atoms with Crippen LogP contribution in [0.3, 0.4) is 0 Å². The summed E-state index contributed by atoms with van der Waals surface area (Å²) in [6, 6.07) is 28.1. The minimum Gasteiger partial charge on any atom is -0.337 e. The van der Waals surface area contributed by atoms with Gasteiger partial charge in [-0.1, -0.05) is 69.2 Å². The molecule has 0 radical (unpaired) electrons. The van der Waals surface area contributed by atoms with Crippen LogP contribution in [0.5, 0.6) is 0 Å². The number of benzene rings is 3. The van der Waals surface area contributed by atoms with E-state index in [9.17, 15) is 0 Å². The van der Waals surface area contributed by atoms with Gasteiger partial charge in [0.25, 0.3) is 0 Å². The van der Waals surface area contributed by atoms with E-state index in [0.717, 1.165) is 17.2 Å². The molecule has 1 aliphatic rings. The lowest BCUT2D eigenvalue weighted by molar-refractivity contribution is 0.728. The molecule has 4 aromatic rings. The van der Waals surface area contributed by atoms with Crippen molar-refractivity contribution in [1.82, 2.24) is 4.98 Å². The molecule has 0 spiro atoms. The van der Waals surface area contributed by atoms with Gasteiger partial charge >= 0.3 is 0 Å². The van der Waals surface area contributed by atoms with Gasteiger partial charge in [0.15, 0.2) is 5.82 Å². The number of nitrogens with zero attached hydrogens (tertiary/aromatic N) is 4. The van der Waals surface area contributed by atoms with E-state index in [1.165, 1.54) is 46.6 Å². The zero-order chi connectivity index (χ0) is 26.5. The van der Waals surface area contributed by atoms with E-state index in [0.29, 0.717) is 0 Å². The number of aromatic nitrogens is 1. The summed E-state index contributed by atoms with van der Waals surface area (Å²) in [5, 5.41) is 0. The van der Waals surface area contributed by atoms with Crippen molar-refractivity contribution in [2.75, 3.05) is 21.7 Å². The predicted octanol–water partition coefficient (Wildman–Crippen LogP) is 9.22. The van der Waals surface area contributed by atoms with Crippen LogP contribution in [0, 0.1) is 20.8 Å². The van der Waals surface area contributed by atoms with E-state index in [4.69, 9.17) is 0 Å². The highest BCUT2D eigenvalue weighted by atomic mass is 15.4. The first-order valence-electron chi connectivity index (χ1n) is 13.4. The number of pyridine rings is 1. The second-order valence-corrected chi connectivity index (χ2v) is 9.84. The monoisotopic (exact) mass is 492 g/mol. The molecule has 0 N–H and O–H groups in total. The summed E-state index contributed by atoms with van der Waals surface area (Å²) in [4.78, 5) is 11.7. The van der Waals surface area contributed by atoms with Crippen molar-refractivity contribution in [2.45, 2.75) is 60.5 Å². The maximum Gasteiger partial charge on any atom is 0.153 e. The lowest BCUT2D eigenvalue weighted by Gasteiger charge is -2.32. The van der Waals surface area contributed by atoms with Gasteiger partial charge in [-0.3, -0.25) is 0 Å². The lowest BCUT2D eigenvalue weighted by atomic mass is 10.1. The number of para-hydroxylation sites is 2. The van der Waals surface area contributed by atoms with E-state index in [1.54, 1.807) is 0 Å². The smallest absolute Gasteiger partial charge is 0.153 e. The van der Waals surface area contributed by atoms with E-state index in [1.807, 2.05) is 12.3 Å². The molecule has 4 nitrogen and oxygen atoms in total. The van der Waals surface area contributed by atoms with Crippen LogP contribution >= 0.6 is 0 Å². The quantitative estimate of drug-likeness (QED) is 0.277. The molecule has 0 saturated carbocycles. The molecule has 0 fully saturated rings. The van der Waals surface area contributed by atoms with Crippen LogP contribution in [0.25, 0.3) is 0 Å². The van der Waals surface area contributed by atoms with Crippen molar-refractivity contribution in [2.24, 2.45) is 0 Å². The number of aryl methyl sites for hydroxylation is 3. The summed E-state index contributed by atoms with van der Waals surface area (Å²) in [6.07, 6.45) is 4.68. The fourth-order valence-corrected chi connectivity index (χ4v) is 4.76. The van der Waals surface area contributed by atoms with Crippen molar-refractivity contribution < 1.29 is 0 Å². The minimum absolute atomic E-state index is 0.175. The summed E-state index contributed by atoms with van der Waals surface area (Å²) < 4.78 is 0. The molecular formula is C33H40N4. The van der Waals surface area contributed by atoms with Gasteiger partial charge in [0.2, 0.25) is 0 Å². The van der Waals surface area contributed by atoms with Crippen LogP contribution in [0.4, 0.5) is 34.3 Å². The van der Waals surface area contributed by atoms with E-state index < -0.39 is 0 Å². The second kappa shape index (κ2) is 11.5. The number of unbranched alkanes of at least 4 members (excludes halogenated alkanes) is 1. The Hall–Kier alpha value is -3.79. The molecule has 4 heteroatoms. The van der Waals surface area contributed by atoms with Gasteiger partial charge in [0.05, 0.1) is 5.69 Å². The number of hydrogen-bond acceptors (Lipinski definition) is 4. The highest BCUT2D eigenvalue weighted by Gasteiger charge is 2.33. The maximum absolute atomic E-state index is 4.65. The first-order valence-corrected chi connectivity index (χ1v) is 13.4. The van der Waals surface area contributed by atoms with Crippen LogP contribution in [0.15, 0.2) is 85.1 Å². The first-order chi connectivity index (χ1) is 17.9. The predicted molar refractivity (Wildman–Crippen MR) is 160 cm³/mol. The molecule has 5 rings (SSSR count). The molecule has 0 saturated heterocycles. The zero-order valence-corrected chi connectivity index (χ0v) is 23.4. The summed E-state index contributed by atoms with van der Waals surface area (Å²) in [5.74, 6) is 1.02. The largest absolute Gasteiger partial charge is 0.337 e. The van der Waals surface area contributed by atoms with Gasteiger partial charge in [-0.2, -0.15) is 0 Å². The van der Waals surface area contributed by atoms with Gasteiger partial charge in [0.1, 0.15) is 6.17 Å². The average molecular weight is 493 g/mol. The molecule has 3 aromatic carbocycles. The summed E-state index contributed by atoms with van der Waals surface area (Å²) in [7, 11) is 2.11. The minimum atomic E-state index is 0.175. The highest BCUT2D eigenvalue weighted by molar-refractivity contribution is 5.86. The molecule has 0 aliphatic carbocycles. The van der Waals surface area contributed by atoms with E-state index >= 15 is 0 Å². The highest BCUT2D eigenvalue weighted by Crippen LogP contribution is 2.45. The molecule has 2 heterocycles. The third-order valence-corrected chi connectivity index (χ3v) is 7.22. The SMILES string of the molecule is CCCC.Cc1ccccc1N(c1ccc(C)c(N2c3cccnc3N(C)C2C)c1)c1ccccc1C. The summed E-state index contributed by atoms with van der Waals surface area (Å²) >= 11 is 0. The maximum atomic E-state index is 4.65. The third kappa shape index (κ3) is 5.20. The topological polar surface area (TPSA) is 22.6 Å². The Morgan fingerprint density at radius 2 is 1.32 bits per heavy atom. The number of anilines is 6. The number of hydrogen-bond donors (Lipinski definition) is 0. The second-order valence-electron chi connectivity index (χ2n) is 9.84. The fraction of sp³-hybridized carbons (Fsp3) is 0.303. The Labute approximate surface area is 223 Å². The van der Waals surface area contributed by atoms with Crippen LogP contribution in [-0.4, -0.2) is 18.2 Å². The van der Waals surface area contributed by atoms with E-state index in [2.05, 4.69) is 141 Å². The Bertz CT molecular complexity index is 1300. The Morgan fingerprint density at radius 1 is 0.730 bits per heavy atom. The Kier molecular flexibility index (Phi) is 8.17. The number of rotatable bonds is 5. The fourth-order valence-electron chi connectivity index (χ4n) is 4.76. The van der Waals surface area contributed by atoms with Gasteiger partial charge in [-0.05, 0) is 80.8 Å². The van der Waals surface area contributed by atoms with Crippen molar-refractivity contribution in [3.63, 3.8) is 0 Å². The summed E-state index contributed by atoms with van der Waals surface area (Å²) in [6.45, 7) is 13.1. The van der Waals surface area contributed by atoms with Crippen molar-refractivity contribution in [3.8, 4) is 0 Å². The van der Waals surface area contributed by atoms with Crippen LogP contribution in [-0.2, 0) is 0 Å². The van der Waals surface area contributed by atoms with Gasteiger partial charge < -0.3 is 14.7 Å². The molecule has 1 aromatic heterocycles. The van der Waals surface area contributed by atoms with Crippen LogP contribution < -0.4 is 14.7 Å². The molecule has 1 unspecified atom stereocenters. The molecule has 1 aliphatic heterocycles. The Morgan fingerprint density at radius 3 is 1.89 bits per heavy atom. The van der Waals surface area contributed by atoms with Crippen molar-refractivity contribution >= 4 is 34.3 Å². The van der Waals surface area contributed by atoms with Gasteiger partial charge in [0, 0.05) is 36.0 Å². The standard InChI is InChI=1S/C29H30N4.C4H10/c1-20-11-6-8-13-25(20)33(26-14-9-7-12-21(26)2)24-17-16-22(3)28(19-24)32-23(4)31(5)29-27(32)15-10-18-30-29;1-3-4-2/h6-19,23H,1-5H3;3-4H2,1-2H3. The molecular weight excluding hydrogens is 452 g/mol. The average Bonchev–Trinajstić information content (AvgIpc) is 3.17. The normalized spacial score (nSPS) is 14.2.